The molecule has 2 rings (SSSR count). The lowest BCUT2D eigenvalue weighted by Gasteiger charge is -2.15. The van der Waals surface area contributed by atoms with Gasteiger partial charge in [-0.05, 0) is 36.2 Å². The third-order valence-electron chi connectivity index (χ3n) is 2.84. The van der Waals surface area contributed by atoms with Gasteiger partial charge in [0.05, 0.1) is 5.69 Å². The van der Waals surface area contributed by atoms with Gasteiger partial charge in [0.15, 0.2) is 0 Å². The summed E-state index contributed by atoms with van der Waals surface area (Å²) in [7, 11) is 0. The second kappa shape index (κ2) is 5.06. The highest BCUT2D eigenvalue weighted by atomic mass is 16.3. The Kier molecular flexibility index (Phi) is 3.49. The minimum Gasteiger partial charge on any atom is -0.399 e. The maximum absolute atomic E-state index is 10.3. The van der Waals surface area contributed by atoms with Crippen molar-refractivity contribution >= 4 is 5.69 Å². The van der Waals surface area contributed by atoms with Gasteiger partial charge in [-0.15, -0.1) is 0 Å². The Hall–Kier alpha value is -1.74. The molecular formula is C14H18N2O. The number of benzene rings is 1. The number of anilines is 1. The van der Waals surface area contributed by atoms with E-state index in [1.807, 2.05) is 42.6 Å². The number of aromatic nitrogens is 1. The molecule has 0 aliphatic rings. The number of aryl methyl sites for hydroxylation is 1. The van der Waals surface area contributed by atoms with E-state index in [-0.39, 0.29) is 0 Å². The Labute approximate surface area is 102 Å². The van der Waals surface area contributed by atoms with Crippen molar-refractivity contribution in [1.29, 1.82) is 0 Å². The van der Waals surface area contributed by atoms with Gasteiger partial charge >= 0.3 is 0 Å². The molecule has 1 aromatic heterocycles. The highest BCUT2D eigenvalue weighted by molar-refractivity contribution is 5.43. The molecular weight excluding hydrogens is 212 g/mol. The van der Waals surface area contributed by atoms with E-state index in [0.29, 0.717) is 5.69 Å². The minimum atomic E-state index is -0.611. The summed E-state index contributed by atoms with van der Waals surface area (Å²) in [5.41, 5.74) is 8.15. The lowest BCUT2D eigenvalue weighted by molar-refractivity contribution is 0.210. The van der Waals surface area contributed by atoms with E-state index in [0.717, 1.165) is 24.2 Å². The van der Waals surface area contributed by atoms with Gasteiger partial charge in [-0.25, -0.2) is 0 Å². The highest BCUT2D eigenvalue weighted by Crippen LogP contribution is 2.23. The molecule has 0 saturated carbocycles. The summed E-state index contributed by atoms with van der Waals surface area (Å²) < 4.78 is 2.08. The van der Waals surface area contributed by atoms with E-state index < -0.39 is 6.10 Å². The predicted molar refractivity (Wildman–Crippen MR) is 69.6 cm³/mol. The Morgan fingerprint density at radius 1 is 1.29 bits per heavy atom. The van der Waals surface area contributed by atoms with Crippen LogP contribution in [0.1, 0.15) is 30.7 Å². The van der Waals surface area contributed by atoms with Crippen LogP contribution in [-0.4, -0.2) is 9.67 Å². The van der Waals surface area contributed by atoms with E-state index in [9.17, 15) is 5.11 Å². The zero-order valence-corrected chi connectivity index (χ0v) is 10.0. The summed E-state index contributed by atoms with van der Waals surface area (Å²) in [5.74, 6) is 0. The van der Waals surface area contributed by atoms with Gasteiger partial charge in [0.25, 0.3) is 0 Å². The molecule has 0 amide bonds. The van der Waals surface area contributed by atoms with E-state index >= 15 is 0 Å². The van der Waals surface area contributed by atoms with Gasteiger partial charge in [-0.3, -0.25) is 0 Å². The third-order valence-corrected chi connectivity index (χ3v) is 2.84. The Balaban J connectivity index is 2.30. The van der Waals surface area contributed by atoms with E-state index in [4.69, 9.17) is 5.73 Å². The molecule has 2 aromatic rings. The summed E-state index contributed by atoms with van der Waals surface area (Å²) in [6.07, 6.45) is 2.43. The van der Waals surface area contributed by atoms with Crippen LogP contribution in [0.4, 0.5) is 5.69 Å². The van der Waals surface area contributed by atoms with Crippen LogP contribution in [0.25, 0.3) is 0 Å². The molecule has 0 radical (unpaired) electrons. The first kappa shape index (κ1) is 11.7. The highest BCUT2D eigenvalue weighted by Gasteiger charge is 2.13. The zero-order valence-electron chi connectivity index (χ0n) is 10.0. The van der Waals surface area contributed by atoms with Crippen molar-refractivity contribution < 1.29 is 5.11 Å². The number of nitrogens with zero attached hydrogens (tertiary/aromatic N) is 1. The molecule has 0 aliphatic heterocycles. The number of hydrogen-bond acceptors (Lipinski definition) is 2. The second-order valence-electron chi connectivity index (χ2n) is 4.20. The van der Waals surface area contributed by atoms with Crippen LogP contribution in [0, 0.1) is 0 Å². The first-order chi connectivity index (χ1) is 8.22. The number of hydrogen-bond donors (Lipinski definition) is 2. The summed E-state index contributed by atoms with van der Waals surface area (Å²) >= 11 is 0. The molecule has 1 heterocycles. The number of nitrogen functional groups attached to an aromatic ring is 1. The lowest BCUT2D eigenvalue weighted by atomic mass is 10.1. The summed E-state index contributed by atoms with van der Waals surface area (Å²) in [6.45, 7) is 3.04. The number of nitrogens with two attached hydrogens (primary N) is 1. The molecule has 1 aromatic carbocycles. The molecule has 0 spiro atoms. The number of aliphatic hydroxyl groups excluding tert-OH is 1. The fraction of sp³-hybridized carbons (Fsp3) is 0.286. The van der Waals surface area contributed by atoms with Crippen LogP contribution in [0.3, 0.4) is 0 Å². The topological polar surface area (TPSA) is 51.2 Å². The molecule has 3 N–H and O–H groups in total. The number of rotatable bonds is 4. The molecule has 3 heteroatoms. The fourth-order valence-electron chi connectivity index (χ4n) is 2.02. The molecule has 90 valence electrons. The SMILES string of the molecule is CCCn1cccc1C(O)c1cccc(N)c1. The largest absolute Gasteiger partial charge is 0.399 e. The fourth-order valence-corrected chi connectivity index (χ4v) is 2.02. The summed E-state index contributed by atoms with van der Waals surface area (Å²) in [6, 6.07) is 11.3. The third kappa shape index (κ3) is 2.50. The predicted octanol–water partition coefficient (Wildman–Crippen LogP) is 2.56. The van der Waals surface area contributed by atoms with Crippen molar-refractivity contribution in [2.75, 3.05) is 5.73 Å². The maximum Gasteiger partial charge on any atom is 0.119 e. The molecule has 3 nitrogen and oxygen atoms in total. The van der Waals surface area contributed by atoms with Crippen LogP contribution in [0.5, 0.6) is 0 Å². The minimum absolute atomic E-state index is 0.611. The molecule has 0 saturated heterocycles. The second-order valence-corrected chi connectivity index (χ2v) is 4.20. The van der Waals surface area contributed by atoms with Gasteiger partial charge in [-0.2, -0.15) is 0 Å². The lowest BCUT2D eigenvalue weighted by Crippen LogP contribution is -2.08. The molecule has 1 atom stereocenters. The van der Waals surface area contributed by atoms with Crippen molar-refractivity contribution in [3.8, 4) is 0 Å². The quantitative estimate of drug-likeness (QED) is 0.793. The Bertz CT molecular complexity index is 490. The molecule has 0 aliphatic carbocycles. The van der Waals surface area contributed by atoms with Crippen molar-refractivity contribution in [3.05, 3.63) is 53.9 Å². The Morgan fingerprint density at radius 2 is 2.12 bits per heavy atom. The monoisotopic (exact) mass is 230 g/mol. The van der Waals surface area contributed by atoms with Gasteiger partial charge in [0.1, 0.15) is 6.10 Å². The average molecular weight is 230 g/mol. The van der Waals surface area contributed by atoms with Crippen LogP contribution in [0.15, 0.2) is 42.6 Å². The summed E-state index contributed by atoms with van der Waals surface area (Å²) in [5, 5.41) is 10.3. The van der Waals surface area contributed by atoms with Crippen LogP contribution in [-0.2, 0) is 6.54 Å². The van der Waals surface area contributed by atoms with E-state index in [1.165, 1.54) is 0 Å². The molecule has 17 heavy (non-hydrogen) atoms. The Morgan fingerprint density at radius 3 is 2.82 bits per heavy atom. The average Bonchev–Trinajstić information content (AvgIpc) is 2.77. The van der Waals surface area contributed by atoms with Crippen molar-refractivity contribution in [1.82, 2.24) is 4.57 Å². The van der Waals surface area contributed by atoms with Gasteiger partial charge < -0.3 is 15.4 Å². The van der Waals surface area contributed by atoms with Crippen molar-refractivity contribution in [3.63, 3.8) is 0 Å². The first-order valence-corrected chi connectivity index (χ1v) is 5.91. The standard InChI is InChI=1S/C14H18N2O/c1-2-8-16-9-4-7-13(16)14(17)11-5-3-6-12(15)10-11/h3-7,9-10,14,17H,2,8,15H2,1H3. The van der Waals surface area contributed by atoms with Crippen LogP contribution in [0.2, 0.25) is 0 Å². The van der Waals surface area contributed by atoms with Gasteiger partial charge in [0.2, 0.25) is 0 Å². The van der Waals surface area contributed by atoms with Crippen LogP contribution < -0.4 is 5.73 Å². The normalized spacial score (nSPS) is 12.6. The zero-order chi connectivity index (χ0) is 12.3. The first-order valence-electron chi connectivity index (χ1n) is 5.91. The maximum atomic E-state index is 10.3. The molecule has 0 bridgehead atoms. The van der Waals surface area contributed by atoms with Crippen molar-refractivity contribution in [2.24, 2.45) is 0 Å². The summed E-state index contributed by atoms with van der Waals surface area (Å²) in [4.78, 5) is 0. The van der Waals surface area contributed by atoms with Gasteiger partial charge in [0, 0.05) is 18.4 Å². The molecule has 0 fully saturated rings. The van der Waals surface area contributed by atoms with E-state index in [1.54, 1.807) is 0 Å². The number of aliphatic hydroxyl groups is 1. The van der Waals surface area contributed by atoms with Crippen LogP contribution >= 0.6 is 0 Å². The van der Waals surface area contributed by atoms with Crippen molar-refractivity contribution in [2.45, 2.75) is 26.0 Å². The van der Waals surface area contributed by atoms with Gasteiger partial charge in [-0.1, -0.05) is 19.1 Å². The smallest absolute Gasteiger partial charge is 0.119 e. The van der Waals surface area contributed by atoms with E-state index in [2.05, 4.69) is 11.5 Å². The molecule has 1 unspecified atom stereocenters.